The average molecular weight is 263 g/mol. The molecule has 5 heteroatoms. The Kier molecular flexibility index (Phi) is 3.84. The van der Waals surface area contributed by atoms with Crippen molar-refractivity contribution in [2.45, 2.75) is 6.61 Å². The van der Waals surface area contributed by atoms with Gasteiger partial charge in [0.15, 0.2) is 0 Å². The van der Waals surface area contributed by atoms with E-state index < -0.39 is 5.97 Å². The van der Waals surface area contributed by atoms with E-state index in [4.69, 9.17) is 15.2 Å². The van der Waals surface area contributed by atoms with Gasteiger partial charge in [0.25, 0.3) is 0 Å². The molecule has 0 aliphatic carbocycles. The van der Waals surface area contributed by atoms with E-state index in [0.717, 1.165) is 4.88 Å². The zero-order chi connectivity index (χ0) is 13.0. The van der Waals surface area contributed by atoms with Gasteiger partial charge < -0.3 is 15.2 Å². The van der Waals surface area contributed by atoms with E-state index in [1.807, 2.05) is 17.5 Å². The molecule has 94 valence electrons. The maximum atomic E-state index is 11.6. The molecule has 2 aromatic rings. The lowest BCUT2D eigenvalue weighted by molar-refractivity contribution is 0.0595. The minimum Gasteiger partial charge on any atom is -0.487 e. The third kappa shape index (κ3) is 2.81. The monoisotopic (exact) mass is 263 g/mol. The number of carbonyl (C=O) groups is 1. The van der Waals surface area contributed by atoms with Crippen LogP contribution < -0.4 is 10.5 Å². The van der Waals surface area contributed by atoms with Gasteiger partial charge in [0.2, 0.25) is 0 Å². The van der Waals surface area contributed by atoms with Gasteiger partial charge in [-0.15, -0.1) is 11.3 Å². The molecule has 4 nitrogen and oxygen atoms in total. The molecule has 0 aliphatic rings. The van der Waals surface area contributed by atoms with Crippen LogP contribution in [0.15, 0.2) is 35.7 Å². The predicted octanol–water partition coefficient (Wildman–Crippen LogP) is 2.70. The van der Waals surface area contributed by atoms with Crippen molar-refractivity contribution in [3.8, 4) is 5.75 Å². The van der Waals surface area contributed by atoms with Crippen LogP contribution in [0.1, 0.15) is 15.2 Å². The summed E-state index contributed by atoms with van der Waals surface area (Å²) in [6, 6.07) is 8.84. The molecule has 1 aromatic heterocycles. The lowest BCUT2D eigenvalue weighted by atomic mass is 10.2. The highest BCUT2D eigenvalue weighted by atomic mass is 32.1. The summed E-state index contributed by atoms with van der Waals surface area (Å²) in [5.41, 5.74) is 6.49. The van der Waals surface area contributed by atoms with Gasteiger partial charge in [0.05, 0.1) is 7.11 Å². The highest BCUT2D eigenvalue weighted by Crippen LogP contribution is 2.24. The van der Waals surface area contributed by atoms with E-state index >= 15 is 0 Å². The van der Waals surface area contributed by atoms with E-state index in [-0.39, 0.29) is 0 Å². The summed E-state index contributed by atoms with van der Waals surface area (Å²) in [5.74, 6) is 0.0212. The second kappa shape index (κ2) is 5.55. The zero-order valence-corrected chi connectivity index (χ0v) is 10.7. The van der Waals surface area contributed by atoms with Crippen LogP contribution in [0.4, 0.5) is 5.69 Å². The van der Waals surface area contributed by atoms with Crippen LogP contribution in [-0.4, -0.2) is 13.1 Å². The number of benzene rings is 1. The molecule has 0 amide bonds. The van der Waals surface area contributed by atoms with Gasteiger partial charge in [-0.25, -0.2) is 4.79 Å². The number of methoxy groups -OCH3 is 1. The van der Waals surface area contributed by atoms with Gasteiger partial charge >= 0.3 is 5.97 Å². The van der Waals surface area contributed by atoms with Gasteiger partial charge in [0, 0.05) is 10.6 Å². The van der Waals surface area contributed by atoms with E-state index in [1.54, 1.807) is 29.5 Å². The fourth-order valence-corrected chi connectivity index (χ4v) is 2.10. The number of hydrogen-bond donors (Lipinski definition) is 1. The molecule has 2 N–H and O–H groups in total. The van der Waals surface area contributed by atoms with E-state index in [1.165, 1.54) is 7.11 Å². The van der Waals surface area contributed by atoms with Crippen molar-refractivity contribution in [1.29, 1.82) is 0 Å². The molecule has 0 spiro atoms. The van der Waals surface area contributed by atoms with Crippen molar-refractivity contribution in [2.75, 3.05) is 12.8 Å². The van der Waals surface area contributed by atoms with Crippen LogP contribution in [0.5, 0.6) is 5.75 Å². The molecule has 0 saturated heterocycles. The topological polar surface area (TPSA) is 61.5 Å². The molecule has 0 aliphatic heterocycles. The Morgan fingerprint density at radius 3 is 2.89 bits per heavy atom. The SMILES string of the molecule is COC(=O)c1cc(N)ccc1OCc1cccs1. The van der Waals surface area contributed by atoms with Gasteiger partial charge in [-0.05, 0) is 29.6 Å². The van der Waals surface area contributed by atoms with Crippen LogP contribution in [0, 0.1) is 0 Å². The van der Waals surface area contributed by atoms with Gasteiger partial charge in [0.1, 0.15) is 17.9 Å². The third-order valence-electron chi connectivity index (χ3n) is 2.36. The van der Waals surface area contributed by atoms with Crippen LogP contribution in [0.2, 0.25) is 0 Å². The van der Waals surface area contributed by atoms with E-state index in [2.05, 4.69) is 0 Å². The molecule has 18 heavy (non-hydrogen) atoms. The number of nitrogen functional groups attached to an aromatic ring is 1. The van der Waals surface area contributed by atoms with Crippen molar-refractivity contribution in [2.24, 2.45) is 0 Å². The van der Waals surface area contributed by atoms with Gasteiger partial charge in [-0.1, -0.05) is 6.07 Å². The van der Waals surface area contributed by atoms with Crippen molar-refractivity contribution >= 4 is 23.0 Å². The lowest BCUT2D eigenvalue weighted by Gasteiger charge is -2.10. The Hall–Kier alpha value is -2.01. The Bertz CT molecular complexity index is 537. The average Bonchev–Trinajstić information content (AvgIpc) is 2.89. The van der Waals surface area contributed by atoms with Crippen LogP contribution >= 0.6 is 11.3 Å². The molecular formula is C13H13NO3S. The Morgan fingerprint density at radius 1 is 1.39 bits per heavy atom. The highest BCUT2D eigenvalue weighted by molar-refractivity contribution is 7.09. The minimum absolute atomic E-state index is 0.342. The fraction of sp³-hybridized carbons (Fsp3) is 0.154. The number of esters is 1. The van der Waals surface area contributed by atoms with E-state index in [9.17, 15) is 4.79 Å². The molecule has 0 unspecified atom stereocenters. The number of nitrogens with two attached hydrogens (primary N) is 1. The van der Waals surface area contributed by atoms with Crippen molar-refractivity contribution < 1.29 is 14.3 Å². The molecule has 1 aromatic carbocycles. The maximum Gasteiger partial charge on any atom is 0.341 e. The number of hydrogen-bond acceptors (Lipinski definition) is 5. The Balaban J connectivity index is 2.18. The number of carbonyl (C=O) groups excluding carboxylic acids is 1. The van der Waals surface area contributed by atoms with Crippen molar-refractivity contribution in [3.05, 3.63) is 46.2 Å². The maximum absolute atomic E-state index is 11.6. The summed E-state index contributed by atoms with van der Waals surface area (Å²) >= 11 is 1.60. The normalized spacial score (nSPS) is 10.1. The third-order valence-corrected chi connectivity index (χ3v) is 3.21. The standard InChI is InChI=1S/C13H13NO3S/c1-16-13(15)11-7-9(14)4-5-12(11)17-8-10-3-2-6-18-10/h2-7H,8,14H2,1H3. The first-order chi connectivity index (χ1) is 8.70. The summed E-state index contributed by atoms with van der Waals surface area (Å²) in [4.78, 5) is 12.7. The first-order valence-corrected chi connectivity index (χ1v) is 6.21. The number of anilines is 1. The number of ether oxygens (including phenoxy) is 2. The zero-order valence-electron chi connectivity index (χ0n) is 9.88. The van der Waals surface area contributed by atoms with E-state index in [0.29, 0.717) is 23.6 Å². The van der Waals surface area contributed by atoms with Crippen molar-refractivity contribution in [1.82, 2.24) is 0 Å². The summed E-state index contributed by atoms with van der Waals surface area (Å²) < 4.78 is 10.3. The Labute approximate surface area is 109 Å². The molecule has 0 radical (unpaired) electrons. The molecule has 1 heterocycles. The summed E-state index contributed by atoms with van der Waals surface area (Å²) in [7, 11) is 1.33. The van der Waals surface area contributed by atoms with Crippen LogP contribution in [0.25, 0.3) is 0 Å². The predicted molar refractivity (Wildman–Crippen MR) is 70.8 cm³/mol. The van der Waals surface area contributed by atoms with Crippen LogP contribution in [0.3, 0.4) is 0 Å². The fourth-order valence-electron chi connectivity index (χ4n) is 1.49. The molecule has 0 bridgehead atoms. The van der Waals surface area contributed by atoms with Crippen LogP contribution in [-0.2, 0) is 11.3 Å². The molecule has 0 saturated carbocycles. The molecule has 2 rings (SSSR count). The molecule has 0 atom stereocenters. The van der Waals surface area contributed by atoms with Gasteiger partial charge in [-0.3, -0.25) is 0 Å². The quantitative estimate of drug-likeness (QED) is 0.680. The Morgan fingerprint density at radius 2 is 2.22 bits per heavy atom. The second-order valence-corrected chi connectivity index (χ2v) is 4.65. The first kappa shape index (κ1) is 12.4. The minimum atomic E-state index is -0.455. The summed E-state index contributed by atoms with van der Waals surface area (Å²) in [5, 5.41) is 1.98. The largest absolute Gasteiger partial charge is 0.487 e. The molecular weight excluding hydrogens is 250 g/mol. The first-order valence-electron chi connectivity index (χ1n) is 5.33. The molecule has 0 fully saturated rings. The second-order valence-electron chi connectivity index (χ2n) is 3.62. The number of thiophene rings is 1. The smallest absolute Gasteiger partial charge is 0.341 e. The lowest BCUT2D eigenvalue weighted by Crippen LogP contribution is -2.06. The summed E-state index contributed by atoms with van der Waals surface area (Å²) in [6.45, 7) is 0.422. The number of rotatable bonds is 4. The summed E-state index contributed by atoms with van der Waals surface area (Å²) in [6.07, 6.45) is 0. The van der Waals surface area contributed by atoms with Gasteiger partial charge in [-0.2, -0.15) is 0 Å². The highest BCUT2D eigenvalue weighted by Gasteiger charge is 2.13. The van der Waals surface area contributed by atoms with Crippen molar-refractivity contribution in [3.63, 3.8) is 0 Å².